The number of nitrogens with zero attached hydrogens (tertiary/aromatic N) is 1. The molecule has 0 radical (unpaired) electrons. The minimum absolute atomic E-state index is 0.434. The largest absolute Gasteiger partial charge is 0.379 e. The maximum Gasteiger partial charge on any atom is 0.0619 e. The molecule has 0 aromatic heterocycles. The third-order valence-corrected chi connectivity index (χ3v) is 2.58. The topological polar surface area (TPSA) is 12.5 Å². The van der Waals surface area contributed by atoms with Crippen molar-refractivity contribution in [1.82, 2.24) is 4.90 Å². The molecule has 70 valence electrons. The lowest BCUT2D eigenvalue weighted by molar-refractivity contribution is 0.00512. The van der Waals surface area contributed by atoms with Crippen LogP contribution in [-0.4, -0.2) is 37.2 Å². The summed E-state index contributed by atoms with van der Waals surface area (Å²) in [4.78, 5) is 2.25. The van der Waals surface area contributed by atoms with E-state index in [4.69, 9.17) is 27.9 Å². The van der Waals surface area contributed by atoms with Crippen LogP contribution in [0.3, 0.4) is 0 Å². The van der Waals surface area contributed by atoms with Crippen molar-refractivity contribution in [1.29, 1.82) is 0 Å². The number of ether oxygens (including phenoxy) is 1. The smallest absolute Gasteiger partial charge is 0.0619 e. The van der Waals surface area contributed by atoms with E-state index in [1.54, 1.807) is 0 Å². The molecule has 0 aromatic rings. The molecule has 0 spiro atoms. The van der Waals surface area contributed by atoms with E-state index in [0.717, 1.165) is 26.3 Å². The minimum Gasteiger partial charge on any atom is -0.379 e. The Labute approximate surface area is 83.1 Å². The van der Waals surface area contributed by atoms with Crippen LogP contribution >= 0.6 is 23.2 Å². The molecule has 1 rings (SSSR count). The van der Waals surface area contributed by atoms with E-state index in [9.17, 15) is 0 Å². The van der Waals surface area contributed by atoms with Gasteiger partial charge in [-0.1, -0.05) is 23.2 Å². The van der Waals surface area contributed by atoms with Gasteiger partial charge in [-0.05, 0) is 6.92 Å². The lowest BCUT2D eigenvalue weighted by Crippen LogP contribution is -2.44. The van der Waals surface area contributed by atoms with Crippen molar-refractivity contribution in [3.05, 3.63) is 10.6 Å². The Bertz CT molecular complexity index is 172. The second-order valence-electron chi connectivity index (χ2n) is 2.95. The summed E-state index contributed by atoms with van der Waals surface area (Å²) in [6.07, 6.45) is 0. The monoisotopic (exact) mass is 209 g/mol. The first kappa shape index (κ1) is 10.3. The summed E-state index contributed by atoms with van der Waals surface area (Å²) in [5, 5.41) is 0.686. The first-order valence-corrected chi connectivity index (χ1v) is 4.82. The number of hydrogen-bond donors (Lipinski definition) is 0. The van der Waals surface area contributed by atoms with Crippen LogP contribution in [0.25, 0.3) is 0 Å². The van der Waals surface area contributed by atoms with Crippen LogP contribution in [0.2, 0.25) is 0 Å². The van der Waals surface area contributed by atoms with Crippen LogP contribution < -0.4 is 0 Å². The van der Waals surface area contributed by atoms with Crippen molar-refractivity contribution in [3.63, 3.8) is 0 Å². The average Bonchev–Trinajstić information content (AvgIpc) is 2.09. The van der Waals surface area contributed by atoms with E-state index in [1.165, 1.54) is 5.54 Å². The van der Waals surface area contributed by atoms with Crippen LogP contribution in [0.5, 0.6) is 0 Å². The molecular weight excluding hydrogens is 197 g/mol. The van der Waals surface area contributed by atoms with Crippen molar-refractivity contribution in [2.45, 2.75) is 13.0 Å². The fourth-order valence-electron chi connectivity index (χ4n) is 1.22. The van der Waals surface area contributed by atoms with E-state index in [-0.39, 0.29) is 0 Å². The normalized spacial score (nSPS) is 27.6. The van der Waals surface area contributed by atoms with Crippen LogP contribution in [0.4, 0.5) is 0 Å². The van der Waals surface area contributed by atoms with Crippen molar-refractivity contribution in [2.75, 3.05) is 26.3 Å². The third kappa shape index (κ3) is 2.94. The molecule has 0 amide bonds. The zero-order valence-corrected chi connectivity index (χ0v) is 8.61. The minimum atomic E-state index is 0.434. The molecule has 0 saturated carbocycles. The van der Waals surface area contributed by atoms with Gasteiger partial charge in [0, 0.05) is 29.7 Å². The molecule has 0 unspecified atom stereocenters. The fourth-order valence-corrected chi connectivity index (χ4v) is 1.45. The van der Waals surface area contributed by atoms with Gasteiger partial charge >= 0.3 is 0 Å². The third-order valence-electron chi connectivity index (χ3n) is 1.98. The molecule has 1 aliphatic rings. The van der Waals surface area contributed by atoms with Gasteiger partial charge in [-0.3, -0.25) is 4.90 Å². The number of rotatable bonds is 2. The summed E-state index contributed by atoms with van der Waals surface area (Å²) in [5.41, 5.74) is 1.42. The summed E-state index contributed by atoms with van der Waals surface area (Å²) < 4.78 is 5.29. The summed E-state index contributed by atoms with van der Waals surface area (Å²) in [5.74, 6) is 0. The Morgan fingerprint density at radius 3 is 3.08 bits per heavy atom. The second-order valence-corrected chi connectivity index (χ2v) is 3.65. The highest BCUT2D eigenvalue weighted by Gasteiger charge is 2.18. The van der Waals surface area contributed by atoms with Gasteiger partial charge in [0.05, 0.1) is 13.2 Å². The second kappa shape index (κ2) is 5.07. The molecule has 12 heavy (non-hydrogen) atoms. The van der Waals surface area contributed by atoms with Crippen LogP contribution in [-0.2, 0) is 4.74 Å². The van der Waals surface area contributed by atoms with Gasteiger partial charge in [0.15, 0.2) is 0 Å². The average molecular weight is 210 g/mol. The van der Waals surface area contributed by atoms with Gasteiger partial charge in [0.25, 0.3) is 0 Å². The summed E-state index contributed by atoms with van der Waals surface area (Å²) >= 11 is 11.3. The Balaban J connectivity index is 2.39. The predicted octanol–water partition coefficient (Wildman–Crippen LogP) is 2.03. The predicted molar refractivity (Wildman–Crippen MR) is 51.6 cm³/mol. The van der Waals surface area contributed by atoms with E-state index >= 15 is 0 Å². The molecule has 0 aromatic carbocycles. The lowest BCUT2D eigenvalue weighted by atomic mass is 10.2. The van der Waals surface area contributed by atoms with Crippen molar-refractivity contribution in [2.24, 2.45) is 0 Å². The summed E-state index contributed by atoms with van der Waals surface area (Å²) in [6.45, 7) is 5.36. The summed E-state index contributed by atoms with van der Waals surface area (Å²) in [7, 11) is 0. The molecule has 0 bridgehead atoms. The molecule has 0 aliphatic carbocycles. The van der Waals surface area contributed by atoms with Gasteiger partial charge in [0.1, 0.15) is 0 Å². The van der Waals surface area contributed by atoms with Gasteiger partial charge in [-0.25, -0.2) is 0 Å². The first-order chi connectivity index (χ1) is 5.74. The fraction of sp³-hybridized carbons (Fsp3) is 0.750. The number of morpholine rings is 1. The van der Waals surface area contributed by atoms with E-state index in [2.05, 4.69) is 11.8 Å². The highest BCUT2D eigenvalue weighted by Crippen LogP contribution is 2.12. The highest BCUT2D eigenvalue weighted by atomic mass is 35.5. The molecule has 1 aliphatic heterocycles. The maximum absolute atomic E-state index is 5.81. The van der Waals surface area contributed by atoms with Crippen molar-refractivity contribution < 1.29 is 4.74 Å². The van der Waals surface area contributed by atoms with Gasteiger partial charge in [0.2, 0.25) is 0 Å². The Kier molecular flexibility index (Phi) is 4.36. The van der Waals surface area contributed by atoms with Gasteiger partial charge in [-0.2, -0.15) is 0 Å². The van der Waals surface area contributed by atoms with E-state index in [1.807, 2.05) is 0 Å². The lowest BCUT2D eigenvalue weighted by Gasteiger charge is -2.32. The molecule has 4 heteroatoms. The Morgan fingerprint density at radius 2 is 2.50 bits per heavy atom. The maximum atomic E-state index is 5.81. The van der Waals surface area contributed by atoms with Crippen molar-refractivity contribution >= 4 is 23.2 Å². The van der Waals surface area contributed by atoms with Crippen molar-refractivity contribution in [3.8, 4) is 0 Å². The SMILES string of the molecule is C[C@@H]1COCCN1C/C(Cl)=C/Cl. The molecule has 1 atom stereocenters. The van der Waals surface area contributed by atoms with E-state index < -0.39 is 0 Å². The molecule has 2 nitrogen and oxygen atoms in total. The van der Waals surface area contributed by atoms with Crippen LogP contribution in [0.15, 0.2) is 10.6 Å². The first-order valence-electron chi connectivity index (χ1n) is 4.00. The van der Waals surface area contributed by atoms with Crippen LogP contribution in [0, 0.1) is 0 Å². The van der Waals surface area contributed by atoms with Gasteiger partial charge < -0.3 is 4.74 Å². The Morgan fingerprint density at radius 1 is 1.75 bits per heavy atom. The van der Waals surface area contributed by atoms with Crippen LogP contribution in [0.1, 0.15) is 6.92 Å². The zero-order chi connectivity index (χ0) is 8.97. The zero-order valence-electron chi connectivity index (χ0n) is 7.09. The molecular formula is C8H13Cl2NO. The molecule has 1 saturated heterocycles. The molecule has 1 heterocycles. The summed E-state index contributed by atoms with van der Waals surface area (Å²) in [6, 6.07) is 0.434. The molecule has 0 N–H and O–H groups in total. The number of hydrogen-bond acceptors (Lipinski definition) is 2. The number of halogens is 2. The standard InChI is InChI=1S/C8H13Cl2NO/c1-7-6-12-3-2-11(7)5-8(10)4-9/h4,7H,2-3,5-6H2,1H3/b8-4-/t7-/m1/s1. The van der Waals surface area contributed by atoms with Gasteiger partial charge in [-0.15, -0.1) is 0 Å². The highest BCUT2D eigenvalue weighted by molar-refractivity contribution is 6.36. The molecule has 1 fully saturated rings. The van der Waals surface area contributed by atoms with E-state index in [0.29, 0.717) is 11.1 Å². The Hall–Kier alpha value is 0.240. The quantitative estimate of drug-likeness (QED) is 0.691.